The number of Topliss-reactive ketones (excluding diaryl/α,β-unsaturated/α-hetero) is 1. The molecule has 0 radical (unpaired) electrons. The third-order valence-corrected chi connectivity index (χ3v) is 4.82. The minimum atomic E-state index is -0.844. The number of nitrogens with one attached hydrogen (secondary N) is 3. The average molecular weight is 423 g/mol. The Morgan fingerprint density at radius 1 is 1.29 bits per heavy atom. The largest absolute Gasteiger partial charge is 0.343 e. The van der Waals surface area contributed by atoms with E-state index < -0.39 is 23.4 Å². The van der Waals surface area contributed by atoms with Gasteiger partial charge in [0.1, 0.15) is 23.3 Å². The molecular formula is C20H18FN7O3. The molecule has 158 valence electrons. The number of benzene rings is 1. The molecule has 0 saturated carbocycles. The fourth-order valence-corrected chi connectivity index (χ4v) is 3.19. The quantitative estimate of drug-likeness (QED) is 0.405. The van der Waals surface area contributed by atoms with E-state index in [1.807, 2.05) is 0 Å². The van der Waals surface area contributed by atoms with E-state index in [1.165, 1.54) is 22.9 Å². The van der Waals surface area contributed by atoms with Gasteiger partial charge < -0.3 is 15.2 Å². The third kappa shape index (κ3) is 4.18. The Balaban J connectivity index is 1.84. The summed E-state index contributed by atoms with van der Waals surface area (Å²) in [5, 5.41) is 23.8. The van der Waals surface area contributed by atoms with Gasteiger partial charge in [-0.2, -0.15) is 20.7 Å². The number of rotatable bonds is 6. The van der Waals surface area contributed by atoms with Gasteiger partial charge in [0.25, 0.3) is 17.6 Å². The Morgan fingerprint density at radius 3 is 2.68 bits per heavy atom. The second-order valence-electron chi connectivity index (χ2n) is 6.73. The maximum absolute atomic E-state index is 13.5. The van der Waals surface area contributed by atoms with Crippen LogP contribution in [0.15, 0.2) is 24.4 Å². The summed E-state index contributed by atoms with van der Waals surface area (Å²) in [5.74, 6) is -2.90. The minimum absolute atomic E-state index is 0.0190. The fraction of sp³-hybridized carbons (Fsp3) is 0.200. The highest BCUT2D eigenvalue weighted by Gasteiger charge is 2.28. The molecule has 2 aromatic heterocycles. The van der Waals surface area contributed by atoms with Crippen LogP contribution in [0.4, 0.5) is 10.1 Å². The second kappa shape index (κ2) is 8.58. The Morgan fingerprint density at radius 2 is 2.03 bits per heavy atom. The van der Waals surface area contributed by atoms with Crippen molar-refractivity contribution in [2.45, 2.75) is 20.4 Å². The van der Waals surface area contributed by atoms with Gasteiger partial charge in [-0.05, 0) is 37.6 Å². The van der Waals surface area contributed by atoms with Gasteiger partial charge in [-0.3, -0.25) is 14.4 Å². The van der Waals surface area contributed by atoms with E-state index in [1.54, 1.807) is 27.0 Å². The molecule has 0 aliphatic rings. The van der Waals surface area contributed by atoms with Crippen LogP contribution in [0.25, 0.3) is 0 Å². The van der Waals surface area contributed by atoms with Crippen molar-refractivity contribution in [1.29, 1.82) is 5.26 Å². The SMILES string of the molecule is Cc1c(C(=O)C(=O)NCc2cn[nH]n2)c(C)n(C)c1C(=O)Nc1ccc(F)c(C#N)c1. The number of H-pyrrole nitrogens is 1. The van der Waals surface area contributed by atoms with E-state index in [-0.39, 0.29) is 29.1 Å². The number of carbonyl (C=O) groups excluding carboxylic acids is 3. The molecular weight excluding hydrogens is 405 g/mol. The third-order valence-electron chi connectivity index (χ3n) is 4.82. The molecule has 2 amide bonds. The molecule has 0 unspecified atom stereocenters. The molecule has 0 spiro atoms. The lowest BCUT2D eigenvalue weighted by Gasteiger charge is -2.08. The topological polar surface area (TPSA) is 146 Å². The number of ketones is 1. The van der Waals surface area contributed by atoms with E-state index >= 15 is 0 Å². The zero-order chi connectivity index (χ0) is 22.7. The molecule has 0 fully saturated rings. The van der Waals surface area contributed by atoms with Crippen molar-refractivity contribution in [3.63, 3.8) is 0 Å². The van der Waals surface area contributed by atoms with Crippen LogP contribution in [0, 0.1) is 31.0 Å². The first-order valence-electron chi connectivity index (χ1n) is 9.08. The van der Waals surface area contributed by atoms with E-state index in [0.29, 0.717) is 17.0 Å². The maximum Gasteiger partial charge on any atom is 0.292 e. The number of halogens is 1. The van der Waals surface area contributed by atoms with E-state index in [2.05, 4.69) is 26.0 Å². The normalized spacial score (nSPS) is 10.4. The number of hydrogen-bond acceptors (Lipinski definition) is 6. The molecule has 11 heteroatoms. The highest BCUT2D eigenvalue weighted by molar-refractivity contribution is 6.43. The van der Waals surface area contributed by atoms with Gasteiger partial charge in [-0.25, -0.2) is 4.39 Å². The molecule has 0 aliphatic carbocycles. The molecule has 3 aromatic rings. The molecule has 3 rings (SSSR count). The standard InChI is InChI=1S/C20H18FN7O3/c1-10-16(18(29)20(31)23-8-14-9-24-27-26-14)11(2)28(3)17(10)19(30)25-13-4-5-15(21)12(6-13)7-22/h4-6,9H,8H2,1-3H3,(H,23,31)(H,25,30)(H,24,26,27). The van der Waals surface area contributed by atoms with Crippen molar-refractivity contribution in [3.05, 3.63) is 64.0 Å². The number of aromatic amines is 1. The van der Waals surface area contributed by atoms with Gasteiger partial charge in [0.05, 0.1) is 23.9 Å². The molecule has 3 N–H and O–H groups in total. The lowest BCUT2D eigenvalue weighted by molar-refractivity contribution is -0.117. The van der Waals surface area contributed by atoms with Crippen molar-refractivity contribution in [2.24, 2.45) is 7.05 Å². The number of aromatic nitrogens is 4. The summed E-state index contributed by atoms with van der Waals surface area (Å²) >= 11 is 0. The predicted octanol–water partition coefficient (Wildman–Crippen LogP) is 1.52. The van der Waals surface area contributed by atoms with Crippen LogP contribution in [-0.4, -0.2) is 37.6 Å². The molecule has 1 aromatic carbocycles. The summed E-state index contributed by atoms with van der Waals surface area (Å²) in [4.78, 5) is 37.9. The highest BCUT2D eigenvalue weighted by atomic mass is 19.1. The van der Waals surface area contributed by atoms with Crippen LogP contribution >= 0.6 is 0 Å². The summed E-state index contributed by atoms with van der Waals surface area (Å²) in [6.07, 6.45) is 1.42. The smallest absolute Gasteiger partial charge is 0.292 e. The molecule has 10 nitrogen and oxygen atoms in total. The van der Waals surface area contributed by atoms with Crippen molar-refractivity contribution in [3.8, 4) is 6.07 Å². The molecule has 2 heterocycles. The van der Waals surface area contributed by atoms with Gasteiger partial charge in [-0.15, -0.1) is 0 Å². The summed E-state index contributed by atoms with van der Waals surface area (Å²) < 4.78 is 15.0. The minimum Gasteiger partial charge on any atom is -0.343 e. The monoisotopic (exact) mass is 423 g/mol. The van der Waals surface area contributed by atoms with Crippen molar-refractivity contribution in [2.75, 3.05) is 5.32 Å². The zero-order valence-electron chi connectivity index (χ0n) is 16.9. The highest BCUT2D eigenvalue weighted by Crippen LogP contribution is 2.23. The van der Waals surface area contributed by atoms with Gasteiger partial charge >= 0.3 is 0 Å². The molecule has 0 bridgehead atoms. The Labute approximate surface area is 176 Å². The maximum atomic E-state index is 13.5. The molecule has 31 heavy (non-hydrogen) atoms. The average Bonchev–Trinajstić information content (AvgIpc) is 3.33. The summed E-state index contributed by atoms with van der Waals surface area (Å²) in [7, 11) is 1.59. The number of nitriles is 1. The van der Waals surface area contributed by atoms with Gasteiger partial charge in [0.2, 0.25) is 0 Å². The zero-order valence-corrected chi connectivity index (χ0v) is 16.9. The van der Waals surface area contributed by atoms with Crippen molar-refractivity contribution >= 4 is 23.3 Å². The number of nitrogens with zero attached hydrogens (tertiary/aromatic N) is 4. The molecule has 0 atom stereocenters. The summed E-state index contributed by atoms with van der Waals surface area (Å²) in [6, 6.07) is 5.31. The lowest BCUT2D eigenvalue weighted by Crippen LogP contribution is -2.31. The van der Waals surface area contributed by atoms with Gasteiger partial charge in [0, 0.05) is 18.4 Å². The summed E-state index contributed by atoms with van der Waals surface area (Å²) in [5.41, 5.74) is 1.49. The fourth-order valence-electron chi connectivity index (χ4n) is 3.19. The first kappa shape index (κ1) is 21.4. The number of amides is 2. The van der Waals surface area contributed by atoms with Crippen LogP contribution in [-0.2, 0) is 18.4 Å². The number of hydrogen-bond donors (Lipinski definition) is 3. The number of anilines is 1. The Kier molecular flexibility index (Phi) is 5.92. The Hall–Kier alpha value is -4.33. The van der Waals surface area contributed by atoms with Crippen LogP contribution in [0.1, 0.15) is 43.4 Å². The van der Waals surface area contributed by atoms with Crippen molar-refractivity contribution in [1.82, 2.24) is 25.3 Å². The van der Waals surface area contributed by atoms with Crippen LogP contribution in [0.5, 0.6) is 0 Å². The first-order chi connectivity index (χ1) is 14.7. The summed E-state index contributed by atoms with van der Waals surface area (Å²) in [6.45, 7) is 3.20. The van der Waals surface area contributed by atoms with Crippen LogP contribution < -0.4 is 10.6 Å². The van der Waals surface area contributed by atoms with Gasteiger partial charge in [-0.1, -0.05) is 0 Å². The lowest BCUT2D eigenvalue weighted by atomic mass is 10.0. The van der Waals surface area contributed by atoms with E-state index in [4.69, 9.17) is 5.26 Å². The Bertz CT molecular complexity index is 1220. The van der Waals surface area contributed by atoms with E-state index in [0.717, 1.165) is 6.07 Å². The van der Waals surface area contributed by atoms with E-state index in [9.17, 15) is 18.8 Å². The number of carbonyl (C=O) groups is 3. The molecule has 0 aliphatic heterocycles. The van der Waals surface area contributed by atoms with Crippen LogP contribution in [0.3, 0.4) is 0 Å². The first-order valence-corrected chi connectivity index (χ1v) is 9.08. The predicted molar refractivity (Wildman–Crippen MR) is 107 cm³/mol. The van der Waals surface area contributed by atoms with Crippen LogP contribution in [0.2, 0.25) is 0 Å². The van der Waals surface area contributed by atoms with Crippen molar-refractivity contribution < 1.29 is 18.8 Å². The molecule has 0 saturated heterocycles. The second-order valence-corrected chi connectivity index (χ2v) is 6.73. The van der Waals surface area contributed by atoms with Gasteiger partial charge in [0.15, 0.2) is 0 Å².